The van der Waals surface area contributed by atoms with E-state index in [1.54, 1.807) is 24.3 Å². The highest BCUT2D eigenvalue weighted by molar-refractivity contribution is 6.66. The zero-order valence-corrected chi connectivity index (χ0v) is 7.21. The summed E-state index contributed by atoms with van der Waals surface area (Å²) in [6.45, 7) is 0. The predicted octanol–water partition coefficient (Wildman–Crippen LogP) is 3.31. The Morgan fingerprint density at radius 2 is 1.60 bits per heavy atom. The molecule has 1 aromatic rings. The van der Waals surface area contributed by atoms with E-state index in [2.05, 4.69) is 6.07 Å². The fourth-order valence-corrected chi connectivity index (χ4v) is 0.954. The number of benzene rings is 1. The van der Waals surface area contributed by atoms with Gasteiger partial charge in [0.15, 0.2) is 0 Å². The van der Waals surface area contributed by atoms with E-state index in [-0.39, 0.29) is 0 Å². The summed E-state index contributed by atoms with van der Waals surface area (Å²) in [7, 11) is 0. The molecule has 53 valence electrons. The van der Waals surface area contributed by atoms with Crippen molar-refractivity contribution in [1.82, 2.24) is 0 Å². The van der Waals surface area contributed by atoms with Gasteiger partial charge in [0.05, 0.1) is 0 Å². The first-order valence-corrected chi connectivity index (χ1v) is 3.77. The van der Waals surface area contributed by atoms with Crippen molar-refractivity contribution in [1.29, 1.82) is 0 Å². The maximum Gasteiger partial charge on any atom is 0.216 e. The van der Waals surface area contributed by atoms with Crippen LogP contribution in [0.2, 0.25) is 0 Å². The van der Waals surface area contributed by atoms with Gasteiger partial charge < -0.3 is 0 Å². The van der Waals surface area contributed by atoms with Gasteiger partial charge in [0.1, 0.15) is 0 Å². The van der Waals surface area contributed by atoms with Gasteiger partial charge in [-0.1, -0.05) is 59.1 Å². The van der Waals surface area contributed by atoms with Crippen LogP contribution in [0.1, 0.15) is 5.56 Å². The molecule has 1 rings (SSSR count). The summed E-state index contributed by atoms with van der Waals surface area (Å²) in [6.07, 6.45) is 0. The van der Waals surface area contributed by atoms with Crippen LogP contribution in [0.3, 0.4) is 0 Å². The van der Waals surface area contributed by atoms with Crippen LogP contribution in [0.25, 0.3) is 0 Å². The Bertz CT molecular complexity index is 200. The molecule has 0 saturated heterocycles. The molecule has 0 unspecified atom stereocenters. The molecular formula is C7H4Cl3. The van der Waals surface area contributed by atoms with Crippen molar-refractivity contribution in [2.24, 2.45) is 0 Å². The van der Waals surface area contributed by atoms with E-state index in [4.69, 9.17) is 34.8 Å². The fraction of sp³-hybridized carbons (Fsp3) is 0.143. The van der Waals surface area contributed by atoms with E-state index in [0.717, 1.165) is 0 Å². The molecule has 0 atom stereocenters. The highest BCUT2D eigenvalue weighted by Crippen LogP contribution is 2.37. The van der Waals surface area contributed by atoms with Gasteiger partial charge in [0.2, 0.25) is 3.79 Å². The molecule has 1 radical (unpaired) electrons. The lowest BCUT2D eigenvalue weighted by Crippen LogP contribution is -1.98. The average Bonchev–Trinajstić information content (AvgIpc) is 1.88. The van der Waals surface area contributed by atoms with E-state index in [1.165, 1.54) is 0 Å². The molecule has 0 amide bonds. The quantitative estimate of drug-likeness (QED) is 0.556. The van der Waals surface area contributed by atoms with Gasteiger partial charge in [-0.05, 0) is 6.07 Å². The van der Waals surface area contributed by atoms with Crippen LogP contribution >= 0.6 is 34.8 Å². The first kappa shape index (κ1) is 8.19. The standard InChI is InChI=1S/C7H4Cl3/c8-7(9,10)6-4-2-1-3-5-6/h2-5H. The van der Waals surface area contributed by atoms with Crippen molar-refractivity contribution >= 4 is 34.8 Å². The Hall–Kier alpha value is 0.0900. The van der Waals surface area contributed by atoms with Crippen molar-refractivity contribution in [3.8, 4) is 0 Å². The lowest BCUT2D eigenvalue weighted by atomic mass is 10.2. The van der Waals surface area contributed by atoms with Crippen LogP contribution in [0.4, 0.5) is 0 Å². The zero-order valence-electron chi connectivity index (χ0n) is 4.94. The van der Waals surface area contributed by atoms with Crippen LogP contribution in [0, 0.1) is 6.07 Å². The molecule has 3 heteroatoms. The van der Waals surface area contributed by atoms with Crippen LogP contribution in [0.5, 0.6) is 0 Å². The zero-order chi connectivity index (χ0) is 7.61. The molecule has 0 bridgehead atoms. The number of halogens is 3. The van der Waals surface area contributed by atoms with Crippen molar-refractivity contribution in [2.45, 2.75) is 3.79 Å². The number of rotatable bonds is 0. The van der Waals surface area contributed by atoms with Crippen molar-refractivity contribution in [3.05, 3.63) is 35.9 Å². The van der Waals surface area contributed by atoms with Gasteiger partial charge in [-0.2, -0.15) is 0 Å². The van der Waals surface area contributed by atoms with Crippen molar-refractivity contribution in [3.63, 3.8) is 0 Å². The Morgan fingerprint density at radius 3 is 1.90 bits per heavy atom. The number of hydrogen-bond donors (Lipinski definition) is 0. The summed E-state index contributed by atoms with van der Waals surface area (Å²) in [6, 6.07) is 9.67. The third-order valence-electron chi connectivity index (χ3n) is 1.05. The molecule has 0 aliphatic carbocycles. The van der Waals surface area contributed by atoms with Crippen LogP contribution in [-0.4, -0.2) is 0 Å². The molecular weight excluding hydrogens is 190 g/mol. The first-order chi connectivity index (χ1) is 4.61. The van der Waals surface area contributed by atoms with Gasteiger partial charge in [-0.25, -0.2) is 0 Å². The SMILES string of the molecule is ClC(Cl)(Cl)c1cc[c]cc1. The molecule has 0 aliphatic heterocycles. The molecule has 0 heterocycles. The fourth-order valence-electron chi connectivity index (χ4n) is 0.576. The maximum atomic E-state index is 5.58. The lowest BCUT2D eigenvalue weighted by molar-refractivity contribution is 1.24. The molecule has 0 nitrogen and oxygen atoms in total. The topological polar surface area (TPSA) is 0 Å². The molecule has 10 heavy (non-hydrogen) atoms. The smallest absolute Gasteiger partial charge is 0.0784 e. The summed E-state index contributed by atoms with van der Waals surface area (Å²) in [4.78, 5) is 0. The Labute approximate surface area is 74.7 Å². The highest BCUT2D eigenvalue weighted by atomic mass is 35.6. The van der Waals surface area contributed by atoms with Gasteiger partial charge in [-0.15, -0.1) is 0 Å². The second-order valence-electron chi connectivity index (χ2n) is 1.79. The Morgan fingerprint density at radius 1 is 1.10 bits per heavy atom. The summed E-state index contributed by atoms with van der Waals surface area (Å²) >= 11 is 16.7. The van der Waals surface area contributed by atoms with Crippen molar-refractivity contribution < 1.29 is 0 Å². The average molecular weight is 194 g/mol. The minimum atomic E-state index is -1.31. The summed E-state index contributed by atoms with van der Waals surface area (Å²) in [5.41, 5.74) is 0.663. The van der Waals surface area contributed by atoms with Crippen molar-refractivity contribution in [2.75, 3.05) is 0 Å². The predicted molar refractivity (Wildman–Crippen MR) is 44.5 cm³/mol. The van der Waals surface area contributed by atoms with Gasteiger partial charge in [0.25, 0.3) is 0 Å². The molecule has 0 fully saturated rings. The third kappa shape index (κ3) is 2.05. The highest BCUT2D eigenvalue weighted by Gasteiger charge is 2.21. The molecule has 1 aromatic carbocycles. The lowest BCUT2D eigenvalue weighted by Gasteiger charge is -2.09. The van der Waals surface area contributed by atoms with Crippen LogP contribution < -0.4 is 0 Å². The maximum absolute atomic E-state index is 5.58. The van der Waals surface area contributed by atoms with Crippen LogP contribution in [-0.2, 0) is 3.79 Å². The molecule has 0 aromatic heterocycles. The minimum Gasteiger partial charge on any atom is -0.0784 e. The van der Waals surface area contributed by atoms with E-state index >= 15 is 0 Å². The van der Waals surface area contributed by atoms with E-state index in [0.29, 0.717) is 5.56 Å². The van der Waals surface area contributed by atoms with Gasteiger partial charge >= 0.3 is 0 Å². The minimum absolute atomic E-state index is 0.663. The summed E-state index contributed by atoms with van der Waals surface area (Å²) in [5, 5.41) is 0. The molecule has 0 saturated carbocycles. The largest absolute Gasteiger partial charge is 0.216 e. The number of hydrogen-bond acceptors (Lipinski definition) is 0. The third-order valence-corrected chi connectivity index (χ3v) is 1.70. The molecule has 0 aliphatic rings. The molecule has 0 N–H and O–H groups in total. The second kappa shape index (κ2) is 3.00. The van der Waals surface area contributed by atoms with E-state index < -0.39 is 3.79 Å². The van der Waals surface area contributed by atoms with Gasteiger partial charge in [-0.3, -0.25) is 0 Å². The normalized spacial score (nSPS) is 11.5. The number of alkyl halides is 3. The Kier molecular flexibility index (Phi) is 2.45. The Balaban J connectivity index is 2.97. The van der Waals surface area contributed by atoms with Gasteiger partial charge in [0, 0.05) is 5.56 Å². The van der Waals surface area contributed by atoms with E-state index in [1.807, 2.05) is 0 Å². The summed E-state index contributed by atoms with van der Waals surface area (Å²) < 4.78 is -1.31. The second-order valence-corrected chi connectivity index (χ2v) is 4.07. The monoisotopic (exact) mass is 193 g/mol. The summed E-state index contributed by atoms with van der Waals surface area (Å²) in [5.74, 6) is 0. The molecule has 0 spiro atoms. The van der Waals surface area contributed by atoms with Crippen LogP contribution in [0.15, 0.2) is 24.3 Å². The first-order valence-electron chi connectivity index (χ1n) is 2.64. The van der Waals surface area contributed by atoms with E-state index in [9.17, 15) is 0 Å².